The highest BCUT2D eigenvalue weighted by atomic mass is 35.5. The van der Waals surface area contributed by atoms with Crippen LogP contribution < -0.4 is 5.73 Å². The summed E-state index contributed by atoms with van der Waals surface area (Å²) >= 11 is 12.1. The van der Waals surface area contributed by atoms with E-state index >= 15 is 0 Å². The lowest BCUT2D eigenvalue weighted by molar-refractivity contribution is 0.580. The first kappa shape index (κ1) is 18.4. The fraction of sp³-hybridized carbons (Fsp3) is 0.0625. The number of nitrogens with zero attached hydrogens (tertiary/aromatic N) is 4. The molecule has 0 spiro atoms. The molecule has 0 saturated heterocycles. The van der Waals surface area contributed by atoms with Crippen LogP contribution in [0.3, 0.4) is 0 Å². The van der Waals surface area contributed by atoms with Crippen LogP contribution >= 0.6 is 23.2 Å². The third-order valence-corrected chi connectivity index (χ3v) is 5.70. The molecule has 0 aliphatic rings. The maximum Gasteiger partial charge on any atom is 0.284 e. The fourth-order valence-corrected chi connectivity index (χ4v) is 3.95. The predicted octanol–water partition coefficient (Wildman–Crippen LogP) is 4.73. The van der Waals surface area contributed by atoms with Crippen molar-refractivity contribution in [2.45, 2.75) is 11.8 Å². The highest BCUT2D eigenvalue weighted by Gasteiger charge is 2.24. The molecule has 0 fully saturated rings. The Labute approximate surface area is 160 Å². The standard InChI is InChI=1S/C16H13Cl2N5O2S/c1-10-14(20-21-15-12(17)8-5-9-13(15)18)16(19)23(22-10)26(24,25)11-6-3-2-4-7-11/h2-9H,19H2,1H3. The first-order valence-corrected chi connectivity index (χ1v) is 9.53. The van der Waals surface area contributed by atoms with Crippen LogP contribution in [-0.4, -0.2) is 17.6 Å². The van der Waals surface area contributed by atoms with Gasteiger partial charge in [-0.2, -0.15) is 13.5 Å². The summed E-state index contributed by atoms with van der Waals surface area (Å²) in [6.45, 7) is 1.58. The summed E-state index contributed by atoms with van der Waals surface area (Å²) < 4.78 is 26.2. The maximum absolute atomic E-state index is 12.7. The molecule has 10 heteroatoms. The number of nitrogen functional groups attached to an aromatic ring is 1. The summed E-state index contributed by atoms with van der Waals surface area (Å²) in [7, 11) is -3.94. The van der Waals surface area contributed by atoms with E-state index in [1.165, 1.54) is 12.1 Å². The van der Waals surface area contributed by atoms with Gasteiger partial charge in [0.25, 0.3) is 10.0 Å². The van der Waals surface area contributed by atoms with Gasteiger partial charge >= 0.3 is 0 Å². The van der Waals surface area contributed by atoms with E-state index in [9.17, 15) is 8.42 Å². The topological polar surface area (TPSA) is 103 Å². The third-order valence-electron chi connectivity index (χ3n) is 3.49. The number of rotatable bonds is 4. The summed E-state index contributed by atoms with van der Waals surface area (Å²) in [5.74, 6) is -0.154. The van der Waals surface area contributed by atoms with Crippen molar-refractivity contribution in [2.24, 2.45) is 10.2 Å². The van der Waals surface area contributed by atoms with Gasteiger partial charge in [0, 0.05) is 0 Å². The van der Waals surface area contributed by atoms with Crippen molar-refractivity contribution < 1.29 is 8.42 Å². The number of aryl methyl sites for hydroxylation is 1. The minimum absolute atomic E-state index is 0.0619. The zero-order chi connectivity index (χ0) is 18.9. The average Bonchev–Trinajstić information content (AvgIpc) is 2.90. The van der Waals surface area contributed by atoms with Crippen molar-refractivity contribution in [1.82, 2.24) is 9.19 Å². The molecule has 1 heterocycles. The number of hydrogen-bond donors (Lipinski definition) is 1. The maximum atomic E-state index is 12.7. The molecule has 0 unspecified atom stereocenters. The lowest BCUT2D eigenvalue weighted by Crippen LogP contribution is -2.16. The van der Waals surface area contributed by atoms with Gasteiger partial charge in [0.2, 0.25) is 0 Å². The molecule has 0 aliphatic carbocycles. The molecule has 26 heavy (non-hydrogen) atoms. The lowest BCUT2D eigenvalue weighted by atomic mass is 10.3. The summed E-state index contributed by atoms with van der Waals surface area (Å²) in [5.41, 5.74) is 6.65. The van der Waals surface area contributed by atoms with Crippen LogP contribution in [0.4, 0.5) is 17.2 Å². The zero-order valence-corrected chi connectivity index (χ0v) is 15.8. The zero-order valence-electron chi connectivity index (χ0n) is 13.5. The average molecular weight is 410 g/mol. The molecule has 0 bridgehead atoms. The molecule has 1 aromatic heterocycles. The Bertz CT molecular complexity index is 1080. The Hall–Kier alpha value is -2.42. The summed E-state index contributed by atoms with van der Waals surface area (Å²) in [5, 5.41) is 12.6. The number of nitrogens with two attached hydrogens (primary N) is 1. The number of hydrogen-bond acceptors (Lipinski definition) is 6. The lowest BCUT2D eigenvalue weighted by Gasteiger charge is -2.05. The minimum atomic E-state index is -3.94. The van der Waals surface area contributed by atoms with Crippen LogP contribution in [0.15, 0.2) is 63.7 Å². The molecule has 0 amide bonds. The Balaban J connectivity index is 2.06. The second kappa shape index (κ2) is 7.06. The number of aromatic nitrogens is 2. The van der Waals surface area contributed by atoms with Gasteiger partial charge in [-0.3, -0.25) is 0 Å². The SMILES string of the molecule is Cc1nn(S(=O)(=O)c2ccccc2)c(N)c1N=Nc1c(Cl)cccc1Cl. The van der Waals surface area contributed by atoms with E-state index in [0.717, 1.165) is 4.09 Å². The molecule has 0 atom stereocenters. The number of anilines is 1. The molecule has 2 N–H and O–H groups in total. The van der Waals surface area contributed by atoms with Crippen LogP contribution in [0.5, 0.6) is 0 Å². The van der Waals surface area contributed by atoms with Crippen LogP contribution in [0, 0.1) is 6.92 Å². The minimum Gasteiger partial charge on any atom is -0.381 e. The molecule has 0 radical (unpaired) electrons. The fourth-order valence-electron chi connectivity index (χ4n) is 2.20. The third kappa shape index (κ3) is 3.31. The van der Waals surface area contributed by atoms with Gasteiger partial charge < -0.3 is 5.73 Å². The van der Waals surface area contributed by atoms with Gasteiger partial charge in [0.15, 0.2) is 11.5 Å². The van der Waals surface area contributed by atoms with E-state index in [1.54, 1.807) is 43.3 Å². The van der Waals surface area contributed by atoms with Crippen LogP contribution in [0.1, 0.15) is 5.69 Å². The molecule has 0 saturated carbocycles. The number of benzene rings is 2. The van der Waals surface area contributed by atoms with Gasteiger partial charge in [-0.1, -0.05) is 47.5 Å². The van der Waals surface area contributed by atoms with Crippen molar-refractivity contribution in [2.75, 3.05) is 5.73 Å². The Morgan fingerprint density at radius 3 is 2.15 bits per heavy atom. The molecular weight excluding hydrogens is 397 g/mol. The first-order valence-electron chi connectivity index (χ1n) is 7.34. The Morgan fingerprint density at radius 2 is 1.54 bits per heavy atom. The summed E-state index contributed by atoms with van der Waals surface area (Å²) in [4.78, 5) is 0.0619. The van der Waals surface area contributed by atoms with Crippen LogP contribution in [0.2, 0.25) is 10.0 Å². The van der Waals surface area contributed by atoms with Gasteiger partial charge in [-0.25, -0.2) is 0 Å². The van der Waals surface area contributed by atoms with E-state index in [-0.39, 0.29) is 22.1 Å². The molecule has 0 aliphatic heterocycles. The number of azo groups is 1. The predicted molar refractivity (Wildman–Crippen MR) is 101 cm³/mol. The van der Waals surface area contributed by atoms with Crippen LogP contribution in [-0.2, 0) is 10.0 Å². The molecule has 3 aromatic rings. The molecule has 134 valence electrons. The molecule has 7 nitrogen and oxygen atoms in total. The second-order valence-corrected chi connectivity index (χ2v) is 7.83. The van der Waals surface area contributed by atoms with Gasteiger partial charge in [0.1, 0.15) is 5.69 Å². The quantitative estimate of drug-likeness (QED) is 0.628. The van der Waals surface area contributed by atoms with Gasteiger partial charge in [0.05, 0.1) is 20.6 Å². The van der Waals surface area contributed by atoms with Crippen molar-refractivity contribution in [3.63, 3.8) is 0 Å². The molecule has 3 rings (SSSR count). The molecular formula is C16H13Cl2N5O2S. The monoisotopic (exact) mass is 409 g/mol. The summed E-state index contributed by atoms with van der Waals surface area (Å²) in [6, 6.07) is 12.7. The van der Waals surface area contributed by atoms with E-state index in [4.69, 9.17) is 28.9 Å². The highest BCUT2D eigenvalue weighted by Crippen LogP contribution is 2.36. The van der Waals surface area contributed by atoms with Crippen molar-refractivity contribution in [3.8, 4) is 0 Å². The van der Waals surface area contributed by atoms with Gasteiger partial charge in [-0.05, 0) is 31.2 Å². The highest BCUT2D eigenvalue weighted by molar-refractivity contribution is 7.90. The summed E-state index contributed by atoms with van der Waals surface area (Å²) in [6.07, 6.45) is 0. The van der Waals surface area contributed by atoms with Crippen molar-refractivity contribution >= 4 is 50.4 Å². The first-order chi connectivity index (χ1) is 12.3. The van der Waals surface area contributed by atoms with Crippen molar-refractivity contribution in [1.29, 1.82) is 0 Å². The second-order valence-electron chi connectivity index (χ2n) is 5.25. The largest absolute Gasteiger partial charge is 0.381 e. The van der Waals surface area contributed by atoms with Crippen LogP contribution in [0.25, 0.3) is 0 Å². The number of halogens is 2. The van der Waals surface area contributed by atoms with E-state index in [1.807, 2.05) is 0 Å². The smallest absolute Gasteiger partial charge is 0.284 e. The Morgan fingerprint density at radius 1 is 0.962 bits per heavy atom. The van der Waals surface area contributed by atoms with Gasteiger partial charge in [-0.15, -0.1) is 14.3 Å². The van der Waals surface area contributed by atoms with E-state index in [2.05, 4.69) is 15.3 Å². The van der Waals surface area contributed by atoms with E-state index < -0.39 is 10.0 Å². The van der Waals surface area contributed by atoms with E-state index in [0.29, 0.717) is 15.7 Å². The normalized spacial score (nSPS) is 12.0. The molecule has 2 aromatic carbocycles. The Kier molecular flexibility index (Phi) is 4.99. The van der Waals surface area contributed by atoms with Crippen molar-refractivity contribution in [3.05, 3.63) is 64.3 Å².